The number of rotatable bonds is 5. The lowest BCUT2D eigenvalue weighted by molar-refractivity contribution is 0.380. The molecule has 1 saturated carbocycles. The molecule has 88 valence electrons. The van der Waals surface area contributed by atoms with Gasteiger partial charge in [-0.05, 0) is 44.7 Å². The van der Waals surface area contributed by atoms with Crippen molar-refractivity contribution in [1.82, 2.24) is 9.97 Å². The number of nitrogens with zero attached hydrogens (tertiary/aromatic N) is 3. The van der Waals surface area contributed by atoms with Crippen molar-refractivity contribution >= 4 is 5.95 Å². The molecular formula is C12H20N4. The first-order chi connectivity index (χ1) is 7.81. The summed E-state index contributed by atoms with van der Waals surface area (Å²) < 4.78 is 0. The molecule has 2 N–H and O–H groups in total. The highest BCUT2D eigenvalue weighted by atomic mass is 15.3. The minimum atomic E-state index is 0.634. The predicted molar refractivity (Wildman–Crippen MR) is 65.4 cm³/mol. The molecule has 0 amide bonds. The van der Waals surface area contributed by atoms with E-state index in [2.05, 4.69) is 14.9 Å². The van der Waals surface area contributed by atoms with Crippen LogP contribution in [-0.4, -0.2) is 29.1 Å². The molecule has 0 unspecified atom stereocenters. The van der Waals surface area contributed by atoms with E-state index < -0.39 is 0 Å². The van der Waals surface area contributed by atoms with Gasteiger partial charge in [-0.15, -0.1) is 0 Å². The molecule has 0 radical (unpaired) electrons. The number of nitrogens with two attached hydrogens (primary N) is 1. The van der Waals surface area contributed by atoms with E-state index >= 15 is 0 Å². The fourth-order valence-electron chi connectivity index (χ4n) is 1.94. The summed E-state index contributed by atoms with van der Waals surface area (Å²) in [5, 5.41) is 0. The van der Waals surface area contributed by atoms with Gasteiger partial charge in [0.05, 0.1) is 0 Å². The number of aryl methyl sites for hydroxylation is 1. The van der Waals surface area contributed by atoms with Crippen LogP contribution in [0, 0.1) is 6.92 Å². The van der Waals surface area contributed by atoms with Gasteiger partial charge in [0.25, 0.3) is 0 Å². The number of anilines is 1. The van der Waals surface area contributed by atoms with Crippen LogP contribution in [0.2, 0.25) is 0 Å². The monoisotopic (exact) mass is 220 g/mol. The zero-order chi connectivity index (χ0) is 11.4. The quantitative estimate of drug-likeness (QED) is 0.817. The maximum absolute atomic E-state index is 5.57. The highest BCUT2D eigenvalue weighted by molar-refractivity contribution is 5.32. The lowest BCUT2D eigenvalue weighted by atomic mass is 9.91. The highest BCUT2D eigenvalue weighted by Gasteiger charge is 2.26. The molecular weight excluding hydrogens is 200 g/mol. The fourth-order valence-corrected chi connectivity index (χ4v) is 1.94. The molecule has 1 heterocycles. The van der Waals surface area contributed by atoms with E-state index in [9.17, 15) is 0 Å². The van der Waals surface area contributed by atoms with E-state index in [1.165, 1.54) is 19.3 Å². The van der Waals surface area contributed by atoms with Crippen LogP contribution in [0.3, 0.4) is 0 Å². The Morgan fingerprint density at radius 3 is 2.56 bits per heavy atom. The van der Waals surface area contributed by atoms with Crippen LogP contribution in [-0.2, 0) is 0 Å². The van der Waals surface area contributed by atoms with Gasteiger partial charge in [-0.3, -0.25) is 0 Å². The second kappa shape index (κ2) is 5.25. The van der Waals surface area contributed by atoms with E-state index in [1.807, 2.05) is 19.3 Å². The first kappa shape index (κ1) is 11.3. The summed E-state index contributed by atoms with van der Waals surface area (Å²) in [4.78, 5) is 11.1. The Kier molecular flexibility index (Phi) is 3.72. The Labute approximate surface area is 96.9 Å². The summed E-state index contributed by atoms with van der Waals surface area (Å²) in [6.45, 7) is 3.72. The molecule has 4 heteroatoms. The first-order valence-electron chi connectivity index (χ1n) is 6.06. The standard InChI is InChI=1S/C12H20N4/c1-10-8-14-12(15-9-10)16(7-3-6-13)11-4-2-5-11/h8-9,11H,2-7,13H2,1H3. The molecule has 1 fully saturated rings. The molecule has 0 atom stereocenters. The van der Waals surface area contributed by atoms with Gasteiger partial charge < -0.3 is 10.6 Å². The molecule has 1 aliphatic rings. The van der Waals surface area contributed by atoms with Gasteiger partial charge in [-0.25, -0.2) is 9.97 Å². The minimum absolute atomic E-state index is 0.634. The number of hydrogen-bond donors (Lipinski definition) is 1. The average molecular weight is 220 g/mol. The van der Waals surface area contributed by atoms with Gasteiger partial charge in [0.1, 0.15) is 0 Å². The maximum Gasteiger partial charge on any atom is 0.225 e. The molecule has 0 bridgehead atoms. The summed E-state index contributed by atoms with van der Waals surface area (Å²) in [6, 6.07) is 0.634. The molecule has 0 aromatic carbocycles. The second-order valence-corrected chi connectivity index (χ2v) is 4.48. The molecule has 0 spiro atoms. The summed E-state index contributed by atoms with van der Waals surface area (Å²) >= 11 is 0. The van der Waals surface area contributed by atoms with Crippen molar-refractivity contribution in [2.24, 2.45) is 5.73 Å². The summed E-state index contributed by atoms with van der Waals surface area (Å²) in [6.07, 6.45) is 8.64. The van der Waals surface area contributed by atoms with Gasteiger partial charge in [-0.2, -0.15) is 0 Å². The Balaban J connectivity index is 2.07. The van der Waals surface area contributed by atoms with Crippen LogP contribution in [0.5, 0.6) is 0 Å². The van der Waals surface area contributed by atoms with Gasteiger partial charge in [0.15, 0.2) is 0 Å². The van der Waals surface area contributed by atoms with Crippen LogP contribution in [0.25, 0.3) is 0 Å². The van der Waals surface area contributed by atoms with Crippen molar-refractivity contribution in [3.63, 3.8) is 0 Å². The second-order valence-electron chi connectivity index (χ2n) is 4.48. The van der Waals surface area contributed by atoms with E-state index in [1.54, 1.807) is 0 Å². The smallest absolute Gasteiger partial charge is 0.225 e. The Morgan fingerprint density at radius 1 is 1.38 bits per heavy atom. The van der Waals surface area contributed by atoms with Crippen LogP contribution in [0.15, 0.2) is 12.4 Å². The molecule has 1 aliphatic carbocycles. The van der Waals surface area contributed by atoms with Gasteiger partial charge in [0, 0.05) is 25.0 Å². The van der Waals surface area contributed by atoms with Crippen LogP contribution >= 0.6 is 0 Å². The third-order valence-corrected chi connectivity index (χ3v) is 3.14. The molecule has 4 nitrogen and oxygen atoms in total. The van der Waals surface area contributed by atoms with E-state index in [0.717, 1.165) is 31.0 Å². The molecule has 2 rings (SSSR count). The predicted octanol–water partition coefficient (Wildman–Crippen LogP) is 1.49. The van der Waals surface area contributed by atoms with E-state index in [-0.39, 0.29) is 0 Å². The SMILES string of the molecule is Cc1cnc(N(CCCN)C2CCC2)nc1. The Morgan fingerprint density at radius 2 is 2.06 bits per heavy atom. The fraction of sp³-hybridized carbons (Fsp3) is 0.667. The topological polar surface area (TPSA) is 55.0 Å². The molecule has 0 saturated heterocycles. The zero-order valence-corrected chi connectivity index (χ0v) is 9.89. The van der Waals surface area contributed by atoms with Crippen molar-refractivity contribution in [2.75, 3.05) is 18.0 Å². The van der Waals surface area contributed by atoms with E-state index in [0.29, 0.717) is 6.04 Å². The van der Waals surface area contributed by atoms with Crippen LogP contribution < -0.4 is 10.6 Å². The van der Waals surface area contributed by atoms with Crippen molar-refractivity contribution in [3.05, 3.63) is 18.0 Å². The van der Waals surface area contributed by atoms with Crippen molar-refractivity contribution in [1.29, 1.82) is 0 Å². The summed E-state index contributed by atoms with van der Waals surface area (Å²) in [7, 11) is 0. The van der Waals surface area contributed by atoms with Crippen molar-refractivity contribution < 1.29 is 0 Å². The highest BCUT2D eigenvalue weighted by Crippen LogP contribution is 2.27. The lowest BCUT2D eigenvalue weighted by Crippen LogP contribution is -2.42. The van der Waals surface area contributed by atoms with Crippen LogP contribution in [0.1, 0.15) is 31.2 Å². The average Bonchev–Trinajstić information content (AvgIpc) is 2.23. The third-order valence-electron chi connectivity index (χ3n) is 3.14. The van der Waals surface area contributed by atoms with Gasteiger partial charge >= 0.3 is 0 Å². The summed E-state index contributed by atoms with van der Waals surface area (Å²) in [5.41, 5.74) is 6.68. The van der Waals surface area contributed by atoms with Gasteiger partial charge in [0.2, 0.25) is 5.95 Å². The third kappa shape index (κ3) is 2.50. The molecule has 0 aliphatic heterocycles. The normalized spacial score (nSPS) is 15.9. The largest absolute Gasteiger partial charge is 0.338 e. The molecule has 1 aromatic rings. The molecule has 1 aromatic heterocycles. The maximum atomic E-state index is 5.57. The zero-order valence-electron chi connectivity index (χ0n) is 9.89. The summed E-state index contributed by atoms with van der Waals surface area (Å²) in [5.74, 6) is 0.865. The minimum Gasteiger partial charge on any atom is -0.338 e. The number of hydrogen-bond acceptors (Lipinski definition) is 4. The van der Waals surface area contributed by atoms with E-state index in [4.69, 9.17) is 5.73 Å². The molecule has 16 heavy (non-hydrogen) atoms. The Bertz CT molecular complexity index is 318. The first-order valence-corrected chi connectivity index (χ1v) is 6.06. The van der Waals surface area contributed by atoms with Crippen molar-refractivity contribution in [2.45, 2.75) is 38.6 Å². The lowest BCUT2D eigenvalue weighted by Gasteiger charge is -2.37. The Hall–Kier alpha value is -1.16. The van der Waals surface area contributed by atoms with Crippen molar-refractivity contribution in [3.8, 4) is 0 Å². The van der Waals surface area contributed by atoms with Crippen LogP contribution in [0.4, 0.5) is 5.95 Å². The van der Waals surface area contributed by atoms with Gasteiger partial charge in [-0.1, -0.05) is 0 Å². The number of aromatic nitrogens is 2.